The van der Waals surface area contributed by atoms with Gasteiger partial charge in [0.05, 0.1) is 6.33 Å². The number of aromatic nitrogens is 2. The van der Waals surface area contributed by atoms with E-state index in [1.807, 2.05) is 12.5 Å². The number of hydrogen-bond acceptors (Lipinski definition) is 1. The molecule has 1 heterocycles. The molecule has 1 aromatic heterocycles. The second-order valence-electron chi connectivity index (χ2n) is 4.63. The minimum Gasteiger partial charge on any atom is -0.332 e. The Hall–Kier alpha value is -0.790. The maximum atomic E-state index is 4.14. The average Bonchev–Trinajstić information content (AvgIpc) is 2.78. The molecule has 0 aliphatic heterocycles. The van der Waals surface area contributed by atoms with Gasteiger partial charge in [0.15, 0.2) is 0 Å². The van der Waals surface area contributed by atoms with Crippen LogP contribution in [0.15, 0.2) is 18.7 Å². The number of hydrogen-bond donors (Lipinski definition) is 0. The van der Waals surface area contributed by atoms with E-state index in [9.17, 15) is 0 Å². The van der Waals surface area contributed by atoms with Crippen LogP contribution >= 0.6 is 0 Å². The van der Waals surface area contributed by atoms with Gasteiger partial charge in [0, 0.05) is 17.9 Å². The van der Waals surface area contributed by atoms with E-state index >= 15 is 0 Å². The van der Waals surface area contributed by atoms with Crippen molar-refractivity contribution in [3.05, 3.63) is 18.7 Å². The summed E-state index contributed by atoms with van der Waals surface area (Å²) in [6, 6.07) is 0. The van der Waals surface area contributed by atoms with Crippen LogP contribution in [0.5, 0.6) is 0 Å². The largest absolute Gasteiger partial charge is 0.332 e. The Labute approximate surface area is 93.7 Å². The van der Waals surface area contributed by atoms with Crippen LogP contribution < -0.4 is 0 Å². The summed E-state index contributed by atoms with van der Waals surface area (Å²) < 4.78 is 2.26. The van der Waals surface area contributed by atoms with Gasteiger partial charge < -0.3 is 4.57 Å². The standard InChI is InChI=1S/C13H24N2/c1-4-6-7-8-9-13(3,5-2)15-11-10-14-12-15/h10-12H,4-9H2,1-3H3. The molecular formula is C13H24N2. The molecule has 2 nitrogen and oxygen atoms in total. The maximum Gasteiger partial charge on any atom is 0.0951 e. The lowest BCUT2D eigenvalue weighted by molar-refractivity contribution is 0.270. The first-order valence-electron chi connectivity index (χ1n) is 6.21. The number of nitrogens with zero attached hydrogens (tertiary/aromatic N) is 2. The summed E-state index contributed by atoms with van der Waals surface area (Å²) in [7, 11) is 0. The molecular weight excluding hydrogens is 184 g/mol. The first kappa shape index (κ1) is 12.3. The van der Waals surface area contributed by atoms with Gasteiger partial charge in [-0.2, -0.15) is 0 Å². The zero-order chi connectivity index (χ0) is 11.1. The molecule has 1 aromatic rings. The van der Waals surface area contributed by atoms with Crippen LogP contribution in [0.4, 0.5) is 0 Å². The Balaban J connectivity index is 2.46. The van der Waals surface area contributed by atoms with Gasteiger partial charge in [-0.1, -0.05) is 39.5 Å². The highest BCUT2D eigenvalue weighted by Gasteiger charge is 2.22. The predicted molar refractivity (Wildman–Crippen MR) is 64.9 cm³/mol. The second-order valence-corrected chi connectivity index (χ2v) is 4.63. The third-order valence-electron chi connectivity index (χ3n) is 3.46. The van der Waals surface area contributed by atoms with Gasteiger partial charge in [0.25, 0.3) is 0 Å². The van der Waals surface area contributed by atoms with E-state index in [4.69, 9.17) is 0 Å². The summed E-state index contributed by atoms with van der Waals surface area (Å²) in [5, 5.41) is 0. The molecule has 0 radical (unpaired) electrons. The van der Waals surface area contributed by atoms with Gasteiger partial charge in [0.2, 0.25) is 0 Å². The van der Waals surface area contributed by atoms with Crippen molar-refractivity contribution >= 4 is 0 Å². The summed E-state index contributed by atoms with van der Waals surface area (Å²) in [4.78, 5) is 4.14. The van der Waals surface area contributed by atoms with Crippen LogP contribution in [0.1, 0.15) is 59.3 Å². The molecule has 1 atom stereocenters. The molecule has 0 fully saturated rings. The Bertz CT molecular complexity index is 254. The Morgan fingerprint density at radius 2 is 2.00 bits per heavy atom. The molecule has 0 saturated heterocycles. The SMILES string of the molecule is CCCCCCC(C)(CC)n1ccnc1. The third kappa shape index (κ3) is 3.37. The molecule has 0 amide bonds. The molecule has 0 bridgehead atoms. The Morgan fingerprint density at radius 3 is 2.53 bits per heavy atom. The van der Waals surface area contributed by atoms with Crippen molar-refractivity contribution in [1.29, 1.82) is 0 Å². The van der Waals surface area contributed by atoms with Crippen molar-refractivity contribution in [2.75, 3.05) is 0 Å². The molecule has 0 N–H and O–H groups in total. The second kappa shape index (κ2) is 5.94. The smallest absolute Gasteiger partial charge is 0.0951 e. The van der Waals surface area contributed by atoms with Crippen molar-refractivity contribution in [1.82, 2.24) is 9.55 Å². The van der Waals surface area contributed by atoms with Gasteiger partial charge >= 0.3 is 0 Å². The van der Waals surface area contributed by atoms with Crippen LogP contribution in [-0.4, -0.2) is 9.55 Å². The summed E-state index contributed by atoms with van der Waals surface area (Å²) >= 11 is 0. The van der Waals surface area contributed by atoms with E-state index < -0.39 is 0 Å². The number of rotatable bonds is 7. The predicted octanol–water partition coefficient (Wildman–Crippen LogP) is 3.98. The minimum absolute atomic E-state index is 0.268. The zero-order valence-electron chi connectivity index (χ0n) is 10.4. The van der Waals surface area contributed by atoms with E-state index in [-0.39, 0.29) is 5.54 Å². The van der Waals surface area contributed by atoms with Gasteiger partial charge in [-0.25, -0.2) is 4.98 Å². The average molecular weight is 208 g/mol. The van der Waals surface area contributed by atoms with E-state index in [1.165, 1.54) is 38.5 Å². The van der Waals surface area contributed by atoms with Crippen LogP contribution in [0.2, 0.25) is 0 Å². The fraction of sp³-hybridized carbons (Fsp3) is 0.769. The molecule has 15 heavy (non-hydrogen) atoms. The first-order chi connectivity index (χ1) is 7.23. The van der Waals surface area contributed by atoms with E-state index in [1.54, 1.807) is 0 Å². The topological polar surface area (TPSA) is 17.8 Å². The quantitative estimate of drug-likeness (QED) is 0.620. The lowest BCUT2D eigenvalue weighted by atomic mass is 9.91. The highest BCUT2D eigenvalue weighted by molar-refractivity contribution is 4.88. The molecule has 0 aliphatic carbocycles. The lowest BCUT2D eigenvalue weighted by Gasteiger charge is -2.30. The summed E-state index contributed by atoms with van der Waals surface area (Å²) in [5.74, 6) is 0. The van der Waals surface area contributed by atoms with Gasteiger partial charge in [-0.05, 0) is 19.8 Å². The fourth-order valence-corrected chi connectivity index (χ4v) is 2.00. The molecule has 0 aromatic carbocycles. The minimum atomic E-state index is 0.268. The van der Waals surface area contributed by atoms with Crippen molar-refractivity contribution in [3.63, 3.8) is 0 Å². The molecule has 1 unspecified atom stereocenters. The monoisotopic (exact) mass is 208 g/mol. The number of unbranched alkanes of at least 4 members (excludes halogenated alkanes) is 3. The van der Waals surface area contributed by atoms with Crippen molar-refractivity contribution in [2.24, 2.45) is 0 Å². The van der Waals surface area contributed by atoms with Gasteiger partial charge in [-0.15, -0.1) is 0 Å². The fourth-order valence-electron chi connectivity index (χ4n) is 2.00. The molecule has 0 spiro atoms. The highest BCUT2D eigenvalue weighted by atomic mass is 15.1. The summed E-state index contributed by atoms with van der Waals surface area (Å²) in [6.07, 6.45) is 13.7. The van der Waals surface area contributed by atoms with Crippen molar-refractivity contribution in [3.8, 4) is 0 Å². The lowest BCUT2D eigenvalue weighted by Crippen LogP contribution is -2.28. The van der Waals surface area contributed by atoms with Gasteiger partial charge in [0.1, 0.15) is 0 Å². The molecule has 2 heteroatoms. The van der Waals surface area contributed by atoms with Gasteiger partial charge in [-0.3, -0.25) is 0 Å². The van der Waals surface area contributed by atoms with E-state index in [2.05, 4.69) is 36.5 Å². The van der Waals surface area contributed by atoms with Crippen molar-refractivity contribution in [2.45, 2.75) is 64.8 Å². The Kier molecular flexibility index (Phi) is 4.86. The van der Waals surface area contributed by atoms with Crippen LogP contribution in [0, 0.1) is 0 Å². The van der Waals surface area contributed by atoms with Crippen LogP contribution in [-0.2, 0) is 5.54 Å². The zero-order valence-corrected chi connectivity index (χ0v) is 10.4. The van der Waals surface area contributed by atoms with Crippen LogP contribution in [0.3, 0.4) is 0 Å². The highest BCUT2D eigenvalue weighted by Crippen LogP contribution is 2.27. The third-order valence-corrected chi connectivity index (χ3v) is 3.46. The summed E-state index contributed by atoms with van der Waals surface area (Å²) in [5.41, 5.74) is 0.268. The molecule has 86 valence electrons. The van der Waals surface area contributed by atoms with E-state index in [0.29, 0.717) is 0 Å². The molecule has 0 saturated carbocycles. The normalized spacial score (nSPS) is 15.1. The molecule has 0 aliphatic rings. The molecule has 1 rings (SSSR count). The number of imidazole rings is 1. The Morgan fingerprint density at radius 1 is 1.20 bits per heavy atom. The van der Waals surface area contributed by atoms with Crippen molar-refractivity contribution < 1.29 is 0 Å². The summed E-state index contributed by atoms with van der Waals surface area (Å²) in [6.45, 7) is 6.86. The first-order valence-corrected chi connectivity index (χ1v) is 6.21. The maximum absolute atomic E-state index is 4.14. The van der Waals surface area contributed by atoms with E-state index in [0.717, 1.165) is 0 Å². The van der Waals surface area contributed by atoms with Crippen LogP contribution in [0.25, 0.3) is 0 Å².